The number of carbonyl (C=O) groups excluding carboxylic acids is 1. The summed E-state index contributed by atoms with van der Waals surface area (Å²) in [6, 6.07) is 9.75. The zero-order chi connectivity index (χ0) is 13.8. The third-order valence-electron chi connectivity index (χ3n) is 2.10. The molecule has 18 heavy (non-hydrogen) atoms. The molecule has 0 saturated heterocycles. The number of ether oxygens (including phenoxy) is 2. The first-order valence-electron chi connectivity index (χ1n) is 6.36. The van der Waals surface area contributed by atoms with Crippen LogP contribution in [0.3, 0.4) is 0 Å². The molecule has 0 aromatic heterocycles. The molecule has 1 aromatic carbocycles. The number of ketones is 1. The van der Waals surface area contributed by atoms with Gasteiger partial charge in [-0.3, -0.25) is 4.79 Å². The monoisotopic (exact) mass is 252 g/mol. The fourth-order valence-electron chi connectivity index (χ4n) is 1.40. The number of carbonyl (C=O) groups is 1. The van der Waals surface area contributed by atoms with Crippen molar-refractivity contribution in [1.29, 1.82) is 0 Å². The van der Waals surface area contributed by atoms with Crippen molar-refractivity contribution in [3.8, 4) is 0 Å². The normalized spacial score (nSPS) is 9.83. The highest BCUT2D eigenvalue weighted by Crippen LogP contribution is 1.98. The summed E-state index contributed by atoms with van der Waals surface area (Å²) in [5.74, 6) is 0.214. The van der Waals surface area contributed by atoms with E-state index < -0.39 is 0 Å². The van der Waals surface area contributed by atoms with E-state index in [1.807, 2.05) is 51.1 Å². The lowest BCUT2D eigenvalue weighted by atomic mass is 10.1. The Labute approximate surface area is 110 Å². The smallest absolute Gasteiger partial charge is 0.154 e. The zero-order valence-electron chi connectivity index (χ0n) is 11.8. The summed E-state index contributed by atoms with van der Waals surface area (Å²) in [6.45, 7) is 8.85. The molecule has 0 spiro atoms. The van der Waals surface area contributed by atoms with Crippen LogP contribution in [0.15, 0.2) is 30.3 Å². The van der Waals surface area contributed by atoms with Crippen LogP contribution < -0.4 is 0 Å². The second-order valence-electron chi connectivity index (χ2n) is 3.84. The Bertz CT molecular complexity index is 303. The van der Waals surface area contributed by atoms with Crippen molar-refractivity contribution in [2.24, 2.45) is 0 Å². The third-order valence-corrected chi connectivity index (χ3v) is 2.10. The predicted octanol–water partition coefficient (Wildman–Crippen LogP) is 3.22. The van der Waals surface area contributed by atoms with Gasteiger partial charge in [-0.1, -0.05) is 30.3 Å². The number of rotatable bonds is 6. The second kappa shape index (κ2) is 10.9. The maximum Gasteiger partial charge on any atom is 0.154 e. The van der Waals surface area contributed by atoms with E-state index in [2.05, 4.69) is 0 Å². The van der Waals surface area contributed by atoms with Crippen LogP contribution >= 0.6 is 0 Å². The van der Waals surface area contributed by atoms with Crippen molar-refractivity contribution in [2.45, 2.75) is 40.4 Å². The fourth-order valence-corrected chi connectivity index (χ4v) is 1.40. The van der Waals surface area contributed by atoms with Crippen molar-refractivity contribution < 1.29 is 14.3 Å². The molecule has 0 aliphatic rings. The highest BCUT2D eigenvalue weighted by atomic mass is 16.7. The molecule has 1 rings (SSSR count). The average Bonchev–Trinajstić information content (AvgIpc) is 2.31. The molecular weight excluding hydrogens is 228 g/mol. The number of hydrogen-bond acceptors (Lipinski definition) is 3. The predicted molar refractivity (Wildman–Crippen MR) is 73.5 cm³/mol. The average molecular weight is 252 g/mol. The topological polar surface area (TPSA) is 35.5 Å². The van der Waals surface area contributed by atoms with Crippen molar-refractivity contribution in [1.82, 2.24) is 0 Å². The van der Waals surface area contributed by atoms with Gasteiger partial charge in [0.05, 0.1) is 0 Å². The lowest BCUT2D eigenvalue weighted by Gasteiger charge is -2.09. The summed E-state index contributed by atoms with van der Waals surface area (Å²) in [6.07, 6.45) is 0.519. The number of Topliss-reactive ketones (excluding diaryl/α,β-unsaturated/α-hetero) is 1. The molecule has 0 saturated carbocycles. The highest BCUT2D eigenvalue weighted by molar-refractivity contribution is 5.78. The minimum Gasteiger partial charge on any atom is -0.353 e. The van der Waals surface area contributed by atoms with Crippen LogP contribution in [0.2, 0.25) is 0 Å². The molecule has 0 N–H and O–H groups in total. The molecule has 1 aromatic rings. The molecule has 0 heterocycles. The van der Waals surface area contributed by atoms with Crippen LogP contribution in [-0.4, -0.2) is 25.3 Å². The maximum absolute atomic E-state index is 10.6. The van der Waals surface area contributed by atoms with Crippen LogP contribution in [-0.2, 0) is 20.7 Å². The van der Waals surface area contributed by atoms with Gasteiger partial charge in [-0.05, 0) is 33.3 Å². The molecule has 0 aliphatic heterocycles. The molecule has 3 heteroatoms. The lowest BCUT2D eigenvalue weighted by molar-refractivity contribution is -0.123. The van der Waals surface area contributed by atoms with Gasteiger partial charge >= 0.3 is 0 Å². The second-order valence-corrected chi connectivity index (χ2v) is 3.84. The van der Waals surface area contributed by atoms with Crippen molar-refractivity contribution in [2.75, 3.05) is 13.2 Å². The van der Waals surface area contributed by atoms with Gasteiger partial charge < -0.3 is 9.47 Å². The summed E-state index contributed by atoms with van der Waals surface area (Å²) in [4.78, 5) is 10.6. The van der Waals surface area contributed by atoms with Crippen LogP contribution in [0.1, 0.15) is 33.3 Å². The molecule has 0 aliphatic carbocycles. The third kappa shape index (κ3) is 10.00. The van der Waals surface area contributed by atoms with E-state index in [1.54, 1.807) is 6.92 Å². The molecule has 102 valence electrons. The maximum atomic E-state index is 10.6. The van der Waals surface area contributed by atoms with E-state index in [9.17, 15) is 4.79 Å². The Morgan fingerprint density at radius 3 is 2.00 bits per heavy atom. The van der Waals surface area contributed by atoms with Crippen LogP contribution in [0, 0.1) is 0 Å². The standard InChI is InChI=1S/C9H10O.C6H14O2/c1-8(10)7-9-5-3-2-4-6-9;1-4-7-6(3)8-5-2/h2-6H,7H2,1H3;6H,4-5H2,1-3H3. The Kier molecular flexibility index (Phi) is 10.2. The number of benzene rings is 1. The molecule has 0 bridgehead atoms. The van der Waals surface area contributed by atoms with E-state index in [4.69, 9.17) is 9.47 Å². The van der Waals surface area contributed by atoms with Crippen LogP contribution in [0.4, 0.5) is 0 Å². The number of hydrogen-bond donors (Lipinski definition) is 0. The molecule has 0 fully saturated rings. The van der Waals surface area contributed by atoms with Gasteiger partial charge in [0.2, 0.25) is 0 Å². The Morgan fingerprint density at radius 1 is 1.11 bits per heavy atom. The summed E-state index contributed by atoms with van der Waals surface area (Å²) in [5.41, 5.74) is 1.09. The van der Waals surface area contributed by atoms with E-state index >= 15 is 0 Å². The largest absolute Gasteiger partial charge is 0.353 e. The minimum absolute atomic E-state index is 0.0370. The van der Waals surface area contributed by atoms with Gasteiger partial charge in [-0.25, -0.2) is 0 Å². The molecular formula is C15H24O3. The fraction of sp³-hybridized carbons (Fsp3) is 0.533. The Morgan fingerprint density at radius 2 is 1.61 bits per heavy atom. The van der Waals surface area contributed by atoms with Crippen LogP contribution in [0.25, 0.3) is 0 Å². The van der Waals surface area contributed by atoms with Gasteiger partial charge in [0.15, 0.2) is 6.29 Å². The quantitative estimate of drug-likeness (QED) is 0.729. The van der Waals surface area contributed by atoms with E-state index in [1.165, 1.54) is 0 Å². The molecule has 0 unspecified atom stereocenters. The summed E-state index contributed by atoms with van der Waals surface area (Å²) >= 11 is 0. The summed E-state index contributed by atoms with van der Waals surface area (Å²) in [5, 5.41) is 0. The van der Waals surface area contributed by atoms with E-state index in [-0.39, 0.29) is 12.1 Å². The summed E-state index contributed by atoms with van der Waals surface area (Å²) in [7, 11) is 0. The highest BCUT2D eigenvalue weighted by Gasteiger charge is 1.95. The SMILES string of the molecule is CC(=O)Cc1ccccc1.CCOC(C)OCC. The first-order chi connectivity index (χ1) is 8.60. The van der Waals surface area contributed by atoms with Gasteiger partial charge in [0.1, 0.15) is 5.78 Å². The van der Waals surface area contributed by atoms with E-state index in [0.717, 1.165) is 18.8 Å². The van der Waals surface area contributed by atoms with Crippen molar-refractivity contribution in [3.05, 3.63) is 35.9 Å². The van der Waals surface area contributed by atoms with Gasteiger partial charge in [-0.15, -0.1) is 0 Å². The first-order valence-corrected chi connectivity index (χ1v) is 6.36. The Balaban J connectivity index is 0.000000331. The van der Waals surface area contributed by atoms with Crippen LogP contribution in [0.5, 0.6) is 0 Å². The molecule has 0 atom stereocenters. The van der Waals surface area contributed by atoms with Gasteiger partial charge in [0, 0.05) is 19.6 Å². The molecule has 0 radical (unpaired) electrons. The van der Waals surface area contributed by atoms with Crippen molar-refractivity contribution in [3.63, 3.8) is 0 Å². The van der Waals surface area contributed by atoms with Gasteiger partial charge in [-0.2, -0.15) is 0 Å². The lowest BCUT2D eigenvalue weighted by Crippen LogP contribution is -2.11. The first kappa shape index (κ1) is 16.8. The molecule has 3 nitrogen and oxygen atoms in total. The molecule has 0 amide bonds. The van der Waals surface area contributed by atoms with E-state index in [0.29, 0.717) is 6.42 Å². The summed E-state index contributed by atoms with van der Waals surface area (Å²) < 4.78 is 10.1. The Hall–Kier alpha value is -1.19. The zero-order valence-corrected chi connectivity index (χ0v) is 11.8. The minimum atomic E-state index is -0.0370. The van der Waals surface area contributed by atoms with Gasteiger partial charge in [0.25, 0.3) is 0 Å². The van der Waals surface area contributed by atoms with Crippen molar-refractivity contribution >= 4 is 5.78 Å².